The Kier molecular flexibility index (Phi) is 12.7. The first-order valence-electron chi connectivity index (χ1n) is 7.55. The van der Waals surface area contributed by atoms with Gasteiger partial charge in [-0.15, -0.1) is 24.0 Å². The third kappa shape index (κ3) is 8.95. The molecule has 132 valence electrons. The maximum absolute atomic E-state index is 13.6. The molecule has 0 bridgehead atoms. The SMILES string of the molecule is CCC(CNC(=NC)NCCCOC)Oc1ccccc1F.I. The number of guanidine groups is 1. The summed E-state index contributed by atoms with van der Waals surface area (Å²) in [6, 6.07) is 6.43. The average Bonchev–Trinajstić information content (AvgIpc) is 2.54. The van der Waals surface area contributed by atoms with Crippen LogP contribution in [-0.2, 0) is 4.74 Å². The summed E-state index contributed by atoms with van der Waals surface area (Å²) in [7, 11) is 3.39. The van der Waals surface area contributed by atoms with Crippen molar-refractivity contribution in [1.29, 1.82) is 0 Å². The summed E-state index contributed by atoms with van der Waals surface area (Å²) < 4.78 is 24.3. The van der Waals surface area contributed by atoms with Crippen molar-refractivity contribution in [2.45, 2.75) is 25.9 Å². The predicted octanol–water partition coefficient (Wildman–Crippen LogP) is 2.80. The lowest BCUT2D eigenvalue weighted by Crippen LogP contribution is -2.42. The number of halogens is 2. The summed E-state index contributed by atoms with van der Waals surface area (Å²) in [5.74, 6) is 0.633. The zero-order chi connectivity index (χ0) is 16.2. The fourth-order valence-electron chi connectivity index (χ4n) is 1.84. The Hall–Kier alpha value is -1.09. The molecule has 0 saturated heterocycles. The van der Waals surface area contributed by atoms with Crippen molar-refractivity contribution in [2.24, 2.45) is 4.99 Å². The lowest BCUT2D eigenvalue weighted by Gasteiger charge is -2.20. The Morgan fingerprint density at radius 1 is 1.30 bits per heavy atom. The van der Waals surface area contributed by atoms with Gasteiger partial charge in [0, 0.05) is 27.3 Å². The highest BCUT2D eigenvalue weighted by Crippen LogP contribution is 2.17. The van der Waals surface area contributed by atoms with E-state index in [1.807, 2.05) is 6.92 Å². The van der Waals surface area contributed by atoms with Crippen LogP contribution >= 0.6 is 24.0 Å². The van der Waals surface area contributed by atoms with Crippen molar-refractivity contribution in [1.82, 2.24) is 10.6 Å². The molecule has 1 rings (SSSR count). The van der Waals surface area contributed by atoms with E-state index in [2.05, 4.69) is 15.6 Å². The summed E-state index contributed by atoms with van der Waals surface area (Å²) in [6.45, 7) is 4.03. The summed E-state index contributed by atoms with van der Waals surface area (Å²) in [6.07, 6.45) is 1.54. The molecule has 0 aliphatic heterocycles. The second-order valence-corrected chi connectivity index (χ2v) is 4.80. The van der Waals surface area contributed by atoms with Gasteiger partial charge < -0.3 is 20.1 Å². The van der Waals surface area contributed by atoms with Crippen LogP contribution in [0.3, 0.4) is 0 Å². The van der Waals surface area contributed by atoms with Gasteiger partial charge in [-0.3, -0.25) is 4.99 Å². The van der Waals surface area contributed by atoms with E-state index in [1.54, 1.807) is 32.4 Å². The number of nitrogens with zero attached hydrogens (tertiary/aromatic N) is 1. The molecule has 7 heteroatoms. The summed E-state index contributed by atoms with van der Waals surface area (Å²) in [5.41, 5.74) is 0. The first-order valence-corrected chi connectivity index (χ1v) is 7.55. The molecule has 0 aliphatic rings. The molecule has 0 amide bonds. The van der Waals surface area contributed by atoms with Crippen molar-refractivity contribution in [2.75, 3.05) is 33.9 Å². The van der Waals surface area contributed by atoms with Crippen molar-refractivity contribution >= 4 is 29.9 Å². The molecule has 0 heterocycles. The van der Waals surface area contributed by atoms with Gasteiger partial charge in [0.25, 0.3) is 0 Å². The van der Waals surface area contributed by atoms with Gasteiger partial charge >= 0.3 is 0 Å². The molecule has 1 aromatic carbocycles. The molecule has 0 radical (unpaired) electrons. The van der Waals surface area contributed by atoms with Crippen LogP contribution in [0.25, 0.3) is 0 Å². The van der Waals surface area contributed by atoms with Gasteiger partial charge in [-0.1, -0.05) is 19.1 Å². The Labute approximate surface area is 155 Å². The molecule has 5 nitrogen and oxygen atoms in total. The minimum Gasteiger partial charge on any atom is -0.486 e. The van der Waals surface area contributed by atoms with Gasteiger partial charge in [0.05, 0.1) is 6.54 Å². The number of methoxy groups -OCH3 is 1. The van der Waals surface area contributed by atoms with E-state index in [9.17, 15) is 4.39 Å². The van der Waals surface area contributed by atoms with Gasteiger partial charge in [0.15, 0.2) is 17.5 Å². The molecule has 2 N–H and O–H groups in total. The largest absolute Gasteiger partial charge is 0.486 e. The number of rotatable bonds is 9. The van der Waals surface area contributed by atoms with E-state index in [1.165, 1.54) is 6.07 Å². The number of ether oxygens (including phenoxy) is 2. The van der Waals surface area contributed by atoms with Crippen molar-refractivity contribution < 1.29 is 13.9 Å². The van der Waals surface area contributed by atoms with Gasteiger partial charge in [-0.2, -0.15) is 0 Å². The maximum Gasteiger partial charge on any atom is 0.191 e. The smallest absolute Gasteiger partial charge is 0.191 e. The van der Waals surface area contributed by atoms with E-state index in [4.69, 9.17) is 9.47 Å². The zero-order valence-corrected chi connectivity index (χ0v) is 16.3. The minimum absolute atomic E-state index is 0. The fraction of sp³-hybridized carbons (Fsp3) is 0.562. The molecule has 1 unspecified atom stereocenters. The van der Waals surface area contributed by atoms with Crippen LogP contribution in [0, 0.1) is 5.82 Å². The van der Waals surface area contributed by atoms with Gasteiger partial charge in [-0.25, -0.2) is 4.39 Å². The zero-order valence-electron chi connectivity index (χ0n) is 14.0. The normalized spacial score (nSPS) is 12.3. The van der Waals surface area contributed by atoms with E-state index in [0.29, 0.717) is 19.1 Å². The van der Waals surface area contributed by atoms with Crippen molar-refractivity contribution in [3.63, 3.8) is 0 Å². The molecule has 0 fully saturated rings. The summed E-state index contributed by atoms with van der Waals surface area (Å²) in [5, 5.41) is 6.38. The first kappa shape index (κ1) is 21.9. The number of hydrogen-bond acceptors (Lipinski definition) is 3. The van der Waals surface area contributed by atoms with E-state index in [-0.39, 0.29) is 41.6 Å². The number of para-hydroxylation sites is 1. The predicted molar refractivity (Wildman–Crippen MR) is 102 cm³/mol. The van der Waals surface area contributed by atoms with Crippen LogP contribution in [0.4, 0.5) is 4.39 Å². The average molecular weight is 439 g/mol. The van der Waals surface area contributed by atoms with Crippen LogP contribution in [0.1, 0.15) is 19.8 Å². The second-order valence-electron chi connectivity index (χ2n) is 4.80. The second kappa shape index (κ2) is 13.4. The van der Waals surface area contributed by atoms with Crippen molar-refractivity contribution in [3.05, 3.63) is 30.1 Å². The molecule has 0 aliphatic carbocycles. The lowest BCUT2D eigenvalue weighted by atomic mass is 10.2. The third-order valence-corrected chi connectivity index (χ3v) is 3.12. The number of benzene rings is 1. The van der Waals surface area contributed by atoms with Crippen LogP contribution in [0.15, 0.2) is 29.3 Å². The molecule has 0 spiro atoms. The standard InChI is InChI=1S/C16H26FN3O2.HI/c1-4-13(22-15-9-6-5-8-14(15)17)12-20-16(18-2)19-10-7-11-21-3;/h5-6,8-9,13H,4,7,10-12H2,1-3H3,(H2,18,19,20);1H. The fourth-order valence-corrected chi connectivity index (χ4v) is 1.84. The Morgan fingerprint density at radius 2 is 2.04 bits per heavy atom. The topological polar surface area (TPSA) is 54.9 Å². The monoisotopic (exact) mass is 439 g/mol. The Bertz CT molecular complexity index is 461. The summed E-state index contributed by atoms with van der Waals surface area (Å²) in [4.78, 5) is 4.14. The van der Waals surface area contributed by atoms with Crippen LogP contribution in [0.2, 0.25) is 0 Å². The van der Waals surface area contributed by atoms with E-state index in [0.717, 1.165) is 19.4 Å². The van der Waals surface area contributed by atoms with Gasteiger partial charge in [0.2, 0.25) is 0 Å². The van der Waals surface area contributed by atoms with E-state index < -0.39 is 0 Å². The molecular formula is C16H27FIN3O2. The highest BCUT2D eigenvalue weighted by Gasteiger charge is 2.11. The molecule has 1 aromatic rings. The minimum atomic E-state index is -0.344. The number of nitrogens with one attached hydrogen (secondary N) is 2. The first-order chi connectivity index (χ1) is 10.7. The maximum atomic E-state index is 13.6. The summed E-state index contributed by atoms with van der Waals surface area (Å²) >= 11 is 0. The molecule has 0 saturated carbocycles. The number of hydrogen-bond donors (Lipinski definition) is 2. The molecular weight excluding hydrogens is 412 g/mol. The van der Waals surface area contributed by atoms with Crippen LogP contribution in [-0.4, -0.2) is 45.9 Å². The van der Waals surface area contributed by atoms with Gasteiger partial charge in [-0.05, 0) is 25.0 Å². The Balaban J connectivity index is 0.00000484. The molecule has 23 heavy (non-hydrogen) atoms. The highest BCUT2D eigenvalue weighted by atomic mass is 127. The van der Waals surface area contributed by atoms with Crippen LogP contribution < -0.4 is 15.4 Å². The molecule has 0 aromatic heterocycles. The lowest BCUT2D eigenvalue weighted by molar-refractivity contribution is 0.190. The van der Waals surface area contributed by atoms with Crippen LogP contribution in [0.5, 0.6) is 5.75 Å². The van der Waals surface area contributed by atoms with E-state index >= 15 is 0 Å². The van der Waals surface area contributed by atoms with Gasteiger partial charge in [0.1, 0.15) is 6.10 Å². The quantitative estimate of drug-likeness (QED) is 0.269. The third-order valence-electron chi connectivity index (χ3n) is 3.12. The highest BCUT2D eigenvalue weighted by molar-refractivity contribution is 14.0. The Morgan fingerprint density at radius 3 is 2.65 bits per heavy atom. The molecule has 1 atom stereocenters. The number of aliphatic imine (C=N–C) groups is 1. The van der Waals surface area contributed by atoms with Crippen molar-refractivity contribution in [3.8, 4) is 5.75 Å².